The maximum Gasteiger partial charge on any atom is 0.0736 e. The zero-order chi connectivity index (χ0) is 15.3. The molecule has 0 amide bonds. The second kappa shape index (κ2) is 7.31. The number of rotatable bonds is 5. The van der Waals surface area contributed by atoms with E-state index >= 15 is 0 Å². The van der Waals surface area contributed by atoms with E-state index in [9.17, 15) is 0 Å². The van der Waals surface area contributed by atoms with Gasteiger partial charge < -0.3 is 10.1 Å². The van der Waals surface area contributed by atoms with Gasteiger partial charge in [0.1, 0.15) is 0 Å². The van der Waals surface area contributed by atoms with E-state index in [4.69, 9.17) is 4.74 Å². The molecule has 2 nitrogen and oxygen atoms in total. The van der Waals surface area contributed by atoms with Crippen molar-refractivity contribution in [2.75, 3.05) is 11.9 Å². The number of benzene rings is 1. The van der Waals surface area contributed by atoms with Crippen molar-refractivity contribution in [3.8, 4) is 0 Å². The monoisotopic (exact) mass is 289 g/mol. The van der Waals surface area contributed by atoms with Crippen molar-refractivity contribution in [2.45, 2.75) is 66.0 Å². The summed E-state index contributed by atoms with van der Waals surface area (Å²) in [4.78, 5) is 0. The van der Waals surface area contributed by atoms with Crippen LogP contribution in [-0.4, -0.2) is 12.6 Å². The zero-order valence-corrected chi connectivity index (χ0v) is 14.1. The molecule has 0 heterocycles. The topological polar surface area (TPSA) is 21.3 Å². The van der Waals surface area contributed by atoms with E-state index in [1.807, 2.05) is 6.92 Å². The van der Waals surface area contributed by atoms with Crippen molar-refractivity contribution in [1.82, 2.24) is 0 Å². The Morgan fingerprint density at radius 1 is 1.10 bits per heavy atom. The summed E-state index contributed by atoms with van der Waals surface area (Å²) in [5.74, 6) is 0.870. The highest BCUT2D eigenvalue weighted by atomic mass is 16.5. The van der Waals surface area contributed by atoms with Crippen LogP contribution in [0.2, 0.25) is 0 Å². The second-order valence-corrected chi connectivity index (χ2v) is 7.35. The molecule has 1 aromatic carbocycles. The molecule has 0 aromatic heterocycles. The van der Waals surface area contributed by atoms with Crippen LogP contribution in [-0.2, 0) is 11.3 Å². The van der Waals surface area contributed by atoms with Crippen LogP contribution in [0.25, 0.3) is 0 Å². The van der Waals surface area contributed by atoms with Crippen LogP contribution in [0.4, 0.5) is 5.69 Å². The van der Waals surface area contributed by atoms with Crippen molar-refractivity contribution in [3.05, 3.63) is 29.8 Å². The number of anilines is 1. The third-order valence-corrected chi connectivity index (χ3v) is 4.79. The summed E-state index contributed by atoms with van der Waals surface area (Å²) in [5, 5.41) is 3.75. The van der Waals surface area contributed by atoms with Crippen molar-refractivity contribution in [3.63, 3.8) is 0 Å². The summed E-state index contributed by atoms with van der Waals surface area (Å²) in [6.45, 7) is 10.7. The lowest BCUT2D eigenvalue weighted by Crippen LogP contribution is -2.31. The fourth-order valence-electron chi connectivity index (χ4n) is 3.32. The van der Waals surface area contributed by atoms with E-state index in [-0.39, 0.29) is 0 Å². The summed E-state index contributed by atoms with van der Waals surface area (Å²) in [5.41, 5.74) is 2.99. The molecular weight excluding hydrogens is 258 g/mol. The molecule has 1 fully saturated rings. The average Bonchev–Trinajstić information content (AvgIpc) is 2.46. The SMILES string of the molecule is CCOCc1ccccc1NC1CCC(C(C)(C)C)CC1. The van der Waals surface area contributed by atoms with Gasteiger partial charge in [-0.15, -0.1) is 0 Å². The van der Waals surface area contributed by atoms with Crippen molar-refractivity contribution in [1.29, 1.82) is 0 Å². The predicted molar refractivity (Wildman–Crippen MR) is 90.6 cm³/mol. The molecule has 2 heteroatoms. The molecule has 118 valence electrons. The van der Waals surface area contributed by atoms with Gasteiger partial charge in [-0.3, -0.25) is 0 Å². The molecule has 1 aliphatic carbocycles. The quantitative estimate of drug-likeness (QED) is 0.800. The molecule has 1 N–H and O–H groups in total. The maximum atomic E-state index is 5.57. The van der Waals surface area contributed by atoms with Gasteiger partial charge >= 0.3 is 0 Å². The molecule has 0 bridgehead atoms. The van der Waals surface area contributed by atoms with Gasteiger partial charge in [-0.2, -0.15) is 0 Å². The first-order chi connectivity index (χ1) is 10.0. The highest BCUT2D eigenvalue weighted by Crippen LogP contribution is 2.38. The Morgan fingerprint density at radius 3 is 2.38 bits per heavy atom. The number of ether oxygens (including phenoxy) is 1. The highest BCUT2D eigenvalue weighted by Gasteiger charge is 2.29. The van der Waals surface area contributed by atoms with Gasteiger partial charge in [-0.25, -0.2) is 0 Å². The standard InChI is InChI=1S/C19H31NO/c1-5-21-14-15-8-6-7-9-18(15)20-17-12-10-16(11-13-17)19(2,3)4/h6-9,16-17,20H,5,10-14H2,1-4H3. The maximum absolute atomic E-state index is 5.57. The number of para-hydroxylation sites is 1. The summed E-state index contributed by atoms with van der Waals surface area (Å²) in [6.07, 6.45) is 5.25. The summed E-state index contributed by atoms with van der Waals surface area (Å²) >= 11 is 0. The average molecular weight is 289 g/mol. The molecule has 1 saturated carbocycles. The fourth-order valence-corrected chi connectivity index (χ4v) is 3.32. The van der Waals surface area contributed by atoms with Crippen LogP contribution in [0.15, 0.2) is 24.3 Å². The largest absolute Gasteiger partial charge is 0.382 e. The van der Waals surface area contributed by atoms with Gasteiger partial charge in [0.2, 0.25) is 0 Å². The molecule has 1 aliphatic rings. The van der Waals surface area contributed by atoms with Crippen LogP contribution >= 0.6 is 0 Å². The third-order valence-electron chi connectivity index (χ3n) is 4.79. The third kappa shape index (κ3) is 4.74. The van der Waals surface area contributed by atoms with Gasteiger partial charge in [0, 0.05) is 23.9 Å². The van der Waals surface area contributed by atoms with E-state index in [1.54, 1.807) is 0 Å². The van der Waals surface area contributed by atoms with Crippen molar-refractivity contribution >= 4 is 5.69 Å². The summed E-state index contributed by atoms with van der Waals surface area (Å²) in [6, 6.07) is 9.17. The second-order valence-electron chi connectivity index (χ2n) is 7.35. The molecule has 0 aliphatic heterocycles. The summed E-state index contributed by atoms with van der Waals surface area (Å²) in [7, 11) is 0. The van der Waals surface area contributed by atoms with E-state index in [0.717, 1.165) is 12.5 Å². The zero-order valence-electron chi connectivity index (χ0n) is 14.1. The van der Waals surface area contributed by atoms with Crippen LogP contribution in [0.3, 0.4) is 0 Å². The molecule has 0 spiro atoms. The lowest BCUT2D eigenvalue weighted by molar-refractivity contribution is 0.134. The van der Waals surface area contributed by atoms with E-state index in [0.29, 0.717) is 18.1 Å². The van der Waals surface area contributed by atoms with Crippen LogP contribution < -0.4 is 5.32 Å². The Morgan fingerprint density at radius 2 is 1.76 bits per heavy atom. The van der Waals surface area contributed by atoms with Crippen molar-refractivity contribution in [2.24, 2.45) is 11.3 Å². The van der Waals surface area contributed by atoms with Crippen molar-refractivity contribution < 1.29 is 4.74 Å². The number of nitrogens with one attached hydrogen (secondary N) is 1. The van der Waals surface area contributed by atoms with E-state index < -0.39 is 0 Å². The molecule has 21 heavy (non-hydrogen) atoms. The van der Waals surface area contributed by atoms with Gasteiger partial charge in [0.05, 0.1) is 6.61 Å². The molecule has 0 atom stereocenters. The first kappa shape index (κ1) is 16.4. The van der Waals surface area contributed by atoms with Gasteiger partial charge in [-0.1, -0.05) is 39.0 Å². The van der Waals surface area contributed by atoms with E-state index in [2.05, 4.69) is 50.4 Å². The number of hydrogen-bond acceptors (Lipinski definition) is 2. The molecule has 0 saturated heterocycles. The molecular formula is C19H31NO. The van der Waals surface area contributed by atoms with Crippen LogP contribution in [0, 0.1) is 11.3 Å². The van der Waals surface area contributed by atoms with E-state index in [1.165, 1.54) is 36.9 Å². The molecule has 0 radical (unpaired) electrons. The Bertz CT molecular complexity index is 427. The normalized spacial score (nSPS) is 23.0. The smallest absolute Gasteiger partial charge is 0.0736 e. The van der Waals surface area contributed by atoms with Crippen LogP contribution in [0.5, 0.6) is 0 Å². The van der Waals surface area contributed by atoms with Crippen LogP contribution in [0.1, 0.15) is 58.9 Å². The molecule has 2 rings (SSSR count). The Kier molecular flexibility index (Phi) is 5.69. The molecule has 1 aromatic rings. The van der Waals surface area contributed by atoms with Gasteiger partial charge in [0.25, 0.3) is 0 Å². The first-order valence-corrected chi connectivity index (χ1v) is 8.43. The Hall–Kier alpha value is -1.02. The summed E-state index contributed by atoms with van der Waals surface area (Å²) < 4.78 is 5.57. The minimum Gasteiger partial charge on any atom is -0.382 e. The van der Waals surface area contributed by atoms with Gasteiger partial charge in [-0.05, 0) is 50.0 Å². The Balaban J connectivity index is 1.91. The molecule has 0 unspecified atom stereocenters. The fraction of sp³-hybridized carbons (Fsp3) is 0.684. The van der Waals surface area contributed by atoms with Gasteiger partial charge in [0.15, 0.2) is 0 Å². The Labute approximate surface area is 130 Å². The number of hydrogen-bond donors (Lipinski definition) is 1. The highest BCUT2D eigenvalue weighted by molar-refractivity contribution is 5.51. The first-order valence-electron chi connectivity index (χ1n) is 8.43. The minimum absolute atomic E-state index is 0.456. The minimum atomic E-state index is 0.456. The lowest BCUT2D eigenvalue weighted by atomic mass is 9.71. The lowest BCUT2D eigenvalue weighted by Gasteiger charge is -2.37. The predicted octanol–water partition coefficient (Wildman–Crippen LogP) is 5.24.